The first-order valence-corrected chi connectivity index (χ1v) is 12.8. The van der Waals surface area contributed by atoms with Crippen LogP contribution in [-0.2, 0) is 21.5 Å². The van der Waals surface area contributed by atoms with Crippen molar-refractivity contribution in [3.63, 3.8) is 0 Å². The zero-order valence-corrected chi connectivity index (χ0v) is 22.3. The van der Waals surface area contributed by atoms with Gasteiger partial charge in [-0.3, -0.25) is 9.59 Å². The van der Waals surface area contributed by atoms with Gasteiger partial charge < -0.3 is 19.3 Å². The number of imidazole rings is 1. The fourth-order valence-corrected chi connectivity index (χ4v) is 4.78. The second-order valence-corrected chi connectivity index (χ2v) is 10.5. The molecular formula is C29H32ClN3O4. The third-order valence-electron chi connectivity index (χ3n) is 6.51. The highest BCUT2D eigenvalue weighted by Crippen LogP contribution is 2.41. The molecule has 7 nitrogen and oxygen atoms in total. The summed E-state index contributed by atoms with van der Waals surface area (Å²) in [5, 5.41) is 11.6. The van der Waals surface area contributed by atoms with E-state index in [9.17, 15) is 14.7 Å². The standard InChI is InChI=1S/C29H32ClN3O4/c1-5-37-23-12-9-20(17-22(23)30)26(34)24-25(19-7-10-21(11-8-19)29(2,3)4)33(28(36)27(24)35)15-6-14-32-16-13-31-18-32/h7-13,16-18,25,34H,5-6,14-15H2,1-4H3/b26-24+/t25-/m0/s1. The number of carbonyl (C=O) groups excluding carboxylic acids is 2. The van der Waals surface area contributed by atoms with Crippen LogP contribution in [0.4, 0.5) is 0 Å². The van der Waals surface area contributed by atoms with Crippen LogP contribution in [0.1, 0.15) is 56.8 Å². The minimum atomic E-state index is -0.720. The molecule has 1 fully saturated rings. The van der Waals surface area contributed by atoms with E-state index in [2.05, 4.69) is 25.8 Å². The number of rotatable bonds is 8. The maximum atomic E-state index is 13.3. The zero-order chi connectivity index (χ0) is 26.7. The number of aliphatic hydroxyl groups excluding tert-OH is 1. The Morgan fingerprint density at radius 1 is 1.11 bits per heavy atom. The van der Waals surface area contributed by atoms with E-state index < -0.39 is 17.7 Å². The minimum Gasteiger partial charge on any atom is -0.507 e. The number of halogens is 1. The number of ketones is 1. The van der Waals surface area contributed by atoms with Gasteiger partial charge in [0.2, 0.25) is 0 Å². The number of aromatic nitrogens is 2. The van der Waals surface area contributed by atoms with E-state index in [1.807, 2.05) is 42.0 Å². The van der Waals surface area contributed by atoms with Crippen LogP contribution >= 0.6 is 11.6 Å². The van der Waals surface area contributed by atoms with Crippen molar-refractivity contribution in [2.45, 2.75) is 52.1 Å². The molecule has 2 heterocycles. The van der Waals surface area contributed by atoms with Crippen LogP contribution in [0.5, 0.6) is 5.75 Å². The van der Waals surface area contributed by atoms with E-state index in [0.717, 1.165) is 11.1 Å². The van der Waals surface area contributed by atoms with Crippen molar-refractivity contribution in [2.24, 2.45) is 0 Å². The molecule has 1 aliphatic heterocycles. The molecule has 1 atom stereocenters. The molecule has 1 saturated heterocycles. The van der Waals surface area contributed by atoms with Gasteiger partial charge in [0.25, 0.3) is 11.7 Å². The van der Waals surface area contributed by atoms with Gasteiger partial charge in [0.1, 0.15) is 11.5 Å². The maximum Gasteiger partial charge on any atom is 0.295 e. The molecule has 1 amide bonds. The second-order valence-electron chi connectivity index (χ2n) is 10.1. The summed E-state index contributed by atoms with van der Waals surface area (Å²) < 4.78 is 7.41. The van der Waals surface area contributed by atoms with Crippen molar-refractivity contribution in [3.8, 4) is 5.75 Å². The van der Waals surface area contributed by atoms with E-state index in [0.29, 0.717) is 42.5 Å². The summed E-state index contributed by atoms with van der Waals surface area (Å²) >= 11 is 6.36. The molecule has 1 aliphatic rings. The average molecular weight is 522 g/mol. The summed E-state index contributed by atoms with van der Waals surface area (Å²) in [6.07, 6.45) is 5.89. The molecule has 0 spiro atoms. The summed E-state index contributed by atoms with van der Waals surface area (Å²) in [5.74, 6) is -1.12. The predicted molar refractivity (Wildman–Crippen MR) is 144 cm³/mol. The lowest BCUT2D eigenvalue weighted by Crippen LogP contribution is -2.31. The molecule has 1 N–H and O–H groups in total. The summed E-state index contributed by atoms with van der Waals surface area (Å²) in [7, 11) is 0. The van der Waals surface area contributed by atoms with Gasteiger partial charge in [-0.05, 0) is 48.1 Å². The Morgan fingerprint density at radius 3 is 2.43 bits per heavy atom. The van der Waals surface area contributed by atoms with Crippen LogP contribution in [0.2, 0.25) is 5.02 Å². The molecule has 0 bridgehead atoms. The number of benzene rings is 2. The molecule has 0 unspecified atom stereocenters. The van der Waals surface area contributed by atoms with Gasteiger partial charge in [0, 0.05) is 31.0 Å². The molecule has 3 aromatic rings. The molecule has 37 heavy (non-hydrogen) atoms. The van der Waals surface area contributed by atoms with Crippen LogP contribution in [0.15, 0.2) is 66.8 Å². The minimum absolute atomic E-state index is 0.0514. The molecule has 0 aliphatic carbocycles. The Hall–Kier alpha value is -3.58. The number of amides is 1. The van der Waals surface area contributed by atoms with Gasteiger partial charge in [0.15, 0.2) is 0 Å². The van der Waals surface area contributed by atoms with Crippen molar-refractivity contribution in [3.05, 3.63) is 88.5 Å². The van der Waals surface area contributed by atoms with Crippen LogP contribution in [0.3, 0.4) is 0 Å². The number of hydrogen-bond acceptors (Lipinski definition) is 5. The Morgan fingerprint density at radius 2 is 1.84 bits per heavy atom. The van der Waals surface area contributed by atoms with Crippen LogP contribution in [-0.4, -0.2) is 44.4 Å². The zero-order valence-electron chi connectivity index (χ0n) is 21.6. The maximum absolute atomic E-state index is 13.3. The highest BCUT2D eigenvalue weighted by molar-refractivity contribution is 6.46. The van der Waals surface area contributed by atoms with Gasteiger partial charge >= 0.3 is 0 Å². The van der Waals surface area contributed by atoms with E-state index in [1.165, 1.54) is 0 Å². The van der Waals surface area contributed by atoms with Crippen LogP contribution < -0.4 is 4.74 Å². The lowest BCUT2D eigenvalue weighted by atomic mass is 9.85. The fraction of sp³-hybridized carbons (Fsp3) is 0.345. The van der Waals surface area contributed by atoms with Crippen molar-refractivity contribution >= 4 is 29.1 Å². The average Bonchev–Trinajstić information content (AvgIpc) is 3.47. The molecule has 2 aromatic carbocycles. The molecule has 0 radical (unpaired) electrons. The largest absolute Gasteiger partial charge is 0.507 e. The number of hydrogen-bond donors (Lipinski definition) is 1. The lowest BCUT2D eigenvalue weighted by molar-refractivity contribution is -0.139. The Kier molecular flexibility index (Phi) is 7.73. The Balaban J connectivity index is 1.75. The topological polar surface area (TPSA) is 84.7 Å². The van der Waals surface area contributed by atoms with E-state index >= 15 is 0 Å². The number of Topliss-reactive ketones (excluding diaryl/α,β-unsaturated/α-hetero) is 1. The molecule has 8 heteroatoms. The van der Waals surface area contributed by atoms with E-state index in [1.54, 1.807) is 35.6 Å². The van der Waals surface area contributed by atoms with E-state index in [4.69, 9.17) is 16.3 Å². The van der Waals surface area contributed by atoms with Crippen LogP contribution in [0, 0.1) is 0 Å². The first-order valence-electron chi connectivity index (χ1n) is 12.4. The number of carbonyl (C=O) groups is 2. The number of aliphatic hydroxyl groups is 1. The molecule has 0 saturated carbocycles. The molecule has 1 aromatic heterocycles. The van der Waals surface area contributed by atoms with E-state index in [-0.39, 0.29) is 16.7 Å². The van der Waals surface area contributed by atoms with Gasteiger partial charge in [-0.25, -0.2) is 4.98 Å². The number of likely N-dealkylation sites (tertiary alicyclic amines) is 1. The SMILES string of the molecule is CCOc1ccc(/C(O)=C2\C(=O)C(=O)N(CCCn3ccnc3)[C@H]2c2ccc(C(C)(C)C)cc2)cc1Cl. The van der Waals surface area contributed by atoms with Gasteiger partial charge in [-0.2, -0.15) is 0 Å². The van der Waals surface area contributed by atoms with Crippen molar-refractivity contribution in [2.75, 3.05) is 13.2 Å². The predicted octanol–water partition coefficient (Wildman–Crippen LogP) is 5.74. The monoisotopic (exact) mass is 521 g/mol. The highest BCUT2D eigenvalue weighted by Gasteiger charge is 2.45. The smallest absolute Gasteiger partial charge is 0.295 e. The molecule has 4 rings (SSSR count). The number of aryl methyl sites for hydroxylation is 1. The second kappa shape index (κ2) is 10.8. The first kappa shape index (κ1) is 26.5. The normalized spacial score (nSPS) is 17.4. The Labute approximate surface area is 222 Å². The van der Waals surface area contributed by atoms with Gasteiger partial charge in [0.05, 0.1) is 29.6 Å². The van der Waals surface area contributed by atoms with Crippen molar-refractivity contribution in [1.82, 2.24) is 14.5 Å². The van der Waals surface area contributed by atoms with Crippen LogP contribution in [0.25, 0.3) is 5.76 Å². The quantitative estimate of drug-likeness (QED) is 0.232. The lowest BCUT2D eigenvalue weighted by Gasteiger charge is -2.26. The molecule has 194 valence electrons. The summed E-state index contributed by atoms with van der Waals surface area (Å²) in [4.78, 5) is 32.1. The first-order chi connectivity index (χ1) is 17.6. The number of nitrogens with zero attached hydrogens (tertiary/aromatic N) is 3. The summed E-state index contributed by atoms with van der Waals surface area (Å²) in [5.41, 5.74) is 2.24. The fourth-order valence-electron chi connectivity index (χ4n) is 4.54. The van der Waals surface area contributed by atoms with Gasteiger partial charge in [-0.15, -0.1) is 0 Å². The Bertz CT molecular complexity index is 1310. The number of ether oxygens (including phenoxy) is 1. The summed E-state index contributed by atoms with van der Waals surface area (Å²) in [6.45, 7) is 9.66. The summed E-state index contributed by atoms with van der Waals surface area (Å²) in [6, 6.07) is 12.0. The molecular weight excluding hydrogens is 490 g/mol. The van der Waals surface area contributed by atoms with Crippen molar-refractivity contribution < 1.29 is 19.4 Å². The highest BCUT2D eigenvalue weighted by atomic mass is 35.5. The third-order valence-corrected chi connectivity index (χ3v) is 6.81. The third kappa shape index (κ3) is 5.57. The van der Waals surface area contributed by atoms with Crippen molar-refractivity contribution in [1.29, 1.82) is 0 Å². The van der Waals surface area contributed by atoms with Gasteiger partial charge in [-0.1, -0.05) is 56.6 Å².